The SMILES string of the molecule is COc1ccc([C@H]2c3cc(OC)c(OC)cc3[C@H]3OC[C@@H]2[C@]3(O)CO)cc1OC. The number of methoxy groups -OCH3 is 4. The molecule has 0 spiro atoms. The van der Waals surface area contributed by atoms with Crippen LogP contribution in [0.2, 0.25) is 0 Å². The summed E-state index contributed by atoms with van der Waals surface area (Å²) in [5.74, 6) is 1.80. The summed E-state index contributed by atoms with van der Waals surface area (Å²) >= 11 is 0. The molecular weight excluding hydrogens is 376 g/mol. The largest absolute Gasteiger partial charge is 0.493 e. The molecule has 2 aromatic rings. The highest BCUT2D eigenvalue weighted by Crippen LogP contribution is 2.58. The quantitative estimate of drug-likeness (QED) is 0.767. The van der Waals surface area contributed by atoms with E-state index < -0.39 is 18.3 Å². The summed E-state index contributed by atoms with van der Waals surface area (Å²) in [6.07, 6.45) is -0.635. The lowest BCUT2D eigenvalue weighted by atomic mass is 9.65. The third-order valence-corrected chi connectivity index (χ3v) is 6.17. The average molecular weight is 402 g/mol. The van der Waals surface area contributed by atoms with Crippen molar-refractivity contribution in [2.45, 2.75) is 17.6 Å². The van der Waals surface area contributed by atoms with Gasteiger partial charge in [-0.25, -0.2) is 0 Å². The molecule has 0 radical (unpaired) electrons. The third kappa shape index (κ3) is 2.84. The summed E-state index contributed by atoms with van der Waals surface area (Å²) in [7, 11) is 6.33. The van der Waals surface area contributed by atoms with Gasteiger partial charge in [0, 0.05) is 11.8 Å². The Labute approximate surface area is 169 Å². The fraction of sp³-hybridized carbons (Fsp3) is 0.455. The van der Waals surface area contributed by atoms with E-state index in [1.54, 1.807) is 28.4 Å². The van der Waals surface area contributed by atoms with E-state index in [4.69, 9.17) is 23.7 Å². The molecule has 4 rings (SSSR count). The molecule has 0 amide bonds. The van der Waals surface area contributed by atoms with Gasteiger partial charge < -0.3 is 33.9 Å². The number of ether oxygens (including phenoxy) is 5. The zero-order chi connectivity index (χ0) is 20.8. The molecule has 2 N–H and O–H groups in total. The van der Waals surface area contributed by atoms with Crippen LogP contribution < -0.4 is 18.9 Å². The molecule has 0 aromatic heterocycles. The fourth-order valence-corrected chi connectivity index (χ4v) is 4.71. The zero-order valence-corrected chi connectivity index (χ0v) is 17.0. The van der Waals surface area contributed by atoms with E-state index in [1.807, 2.05) is 30.3 Å². The van der Waals surface area contributed by atoms with E-state index in [-0.39, 0.29) is 11.8 Å². The molecule has 1 aliphatic carbocycles. The number of hydrogen-bond donors (Lipinski definition) is 2. The molecule has 0 unspecified atom stereocenters. The van der Waals surface area contributed by atoms with Crippen LogP contribution >= 0.6 is 0 Å². The van der Waals surface area contributed by atoms with Crippen LogP contribution in [-0.4, -0.2) is 57.5 Å². The summed E-state index contributed by atoms with van der Waals surface area (Å²) in [4.78, 5) is 0. The second kappa shape index (κ2) is 7.40. The van der Waals surface area contributed by atoms with Gasteiger partial charge in [0.15, 0.2) is 23.0 Å². The van der Waals surface area contributed by atoms with Crippen molar-refractivity contribution >= 4 is 0 Å². The van der Waals surface area contributed by atoms with Gasteiger partial charge in [-0.15, -0.1) is 0 Å². The Bertz CT molecular complexity index is 912. The van der Waals surface area contributed by atoms with Gasteiger partial charge in [-0.05, 0) is 41.0 Å². The Hall–Kier alpha value is -2.48. The van der Waals surface area contributed by atoms with E-state index in [1.165, 1.54) is 0 Å². The van der Waals surface area contributed by atoms with Gasteiger partial charge in [-0.3, -0.25) is 0 Å². The molecule has 2 aromatic carbocycles. The lowest BCUT2D eigenvalue weighted by Crippen LogP contribution is -2.48. The van der Waals surface area contributed by atoms with Crippen molar-refractivity contribution < 1.29 is 33.9 Å². The van der Waals surface area contributed by atoms with Gasteiger partial charge in [-0.1, -0.05) is 6.07 Å². The van der Waals surface area contributed by atoms with E-state index in [2.05, 4.69) is 0 Å². The predicted molar refractivity (Wildman–Crippen MR) is 105 cm³/mol. The predicted octanol–water partition coefficient (Wildman–Crippen LogP) is 2.28. The van der Waals surface area contributed by atoms with Crippen molar-refractivity contribution in [2.75, 3.05) is 41.7 Å². The fourth-order valence-electron chi connectivity index (χ4n) is 4.71. The maximum absolute atomic E-state index is 11.4. The van der Waals surface area contributed by atoms with Crippen LogP contribution in [0.3, 0.4) is 0 Å². The summed E-state index contributed by atoms with van der Waals surface area (Å²) in [5, 5.41) is 21.5. The van der Waals surface area contributed by atoms with Crippen LogP contribution in [0, 0.1) is 5.92 Å². The van der Waals surface area contributed by atoms with Crippen molar-refractivity contribution in [3.63, 3.8) is 0 Å². The lowest BCUT2D eigenvalue weighted by molar-refractivity contribution is -0.0965. The first-order valence-electron chi connectivity index (χ1n) is 9.44. The van der Waals surface area contributed by atoms with E-state index >= 15 is 0 Å². The minimum atomic E-state index is -1.40. The first-order valence-corrected chi connectivity index (χ1v) is 9.44. The van der Waals surface area contributed by atoms with Gasteiger partial charge >= 0.3 is 0 Å². The normalized spacial score (nSPS) is 27.3. The van der Waals surface area contributed by atoms with Gasteiger partial charge in [0.1, 0.15) is 11.7 Å². The third-order valence-electron chi connectivity index (χ3n) is 6.17. The van der Waals surface area contributed by atoms with Crippen LogP contribution in [0.5, 0.6) is 23.0 Å². The Morgan fingerprint density at radius 2 is 1.48 bits per heavy atom. The van der Waals surface area contributed by atoms with Crippen LogP contribution in [0.15, 0.2) is 30.3 Å². The molecule has 7 heteroatoms. The highest BCUT2D eigenvalue weighted by molar-refractivity contribution is 5.56. The average Bonchev–Trinajstić information content (AvgIpc) is 2.99. The molecular formula is C22H26O7. The zero-order valence-electron chi connectivity index (χ0n) is 17.0. The molecule has 2 bridgehead atoms. The Morgan fingerprint density at radius 3 is 2.07 bits per heavy atom. The number of fused-ring (bicyclic) bond motifs is 4. The summed E-state index contributed by atoms with van der Waals surface area (Å²) in [5.41, 5.74) is 1.29. The summed E-state index contributed by atoms with van der Waals surface area (Å²) < 4.78 is 27.8. The highest BCUT2D eigenvalue weighted by atomic mass is 16.5. The molecule has 29 heavy (non-hydrogen) atoms. The number of rotatable bonds is 6. The first kappa shape index (κ1) is 19.8. The van der Waals surface area contributed by atoms with Crippen molar-refractivity contribution in [1.29, 1.82) is 0 Å². The molecule has 2 aliphatic rings. The Kier molecular flexibility index (Phi) is 5.06. The van der Waals surface area contributed by atoms with E-state index in [9.17, 15) is 10.2 Å². The molecule has 1 fully saturated rings. The van der Waals surface area contributed by atoms with E-state index in [0.717, 1.165) is 16.7 Å². The maximum atomic E-state index is 11.4. The van der Waals surface area contributed by atoms with Crippen molar-refractivity contribution in [1.82, 2.24) is 0 Å². The van der Waals surface area contributed by atoms with Crippen LogP contribution in [0.1, 0.15) is 28.7 Å². The minimum absolute atomic E-state index is 0.236. The van der Waals surface area contributed by atoms with E-state index in [0.29, 0.717) is 29.6 Å². The van der Waals surface area contributed by atoms with Crippen molar-refractivity contribution in [2.24, 2.45) is 5.92 Å². The minimum Gasteiger partial charge on any atom is -0.493 e. The van der Waals surface area contributed by atoms with Gasteiger partial charge in [0.05, 0.1) is 41.7 Å². The number of aliphatic hydroxyl groups is 2. The second-order valence-electron chi connectivity index (χ2n) is 7.40. The first-order chi connectivity index (χ1) is 14.0. The van der Waals surface area contributed by atoms with Crippen LogP contribution in [0.25, 0.3) is 0 Å². The lowest BCUT2D eigenvalue weighted by Gasteiger charge is -2.42. The molecule has 1 saturated heterocycles. The molecule has 1 aliphatic heterocycles. The molecule has 1 heterocycles. The standard InChI is InChI=1S/C22H26O7/c1-25-16-6-5-12(7-17(16)26-2)20-13-8-18(27-3)19(28-4)9-14(13)21-22(24,11-23)15(20)10-29-21/h5-9,15,20-21,23-24H,10-11H2,1-4H3/t15-,20-,21+,22+/m0/s1. The number of benzene rings is 2. The second-order valence-corrected chi connectivity index (χ2v) is 7.40. The highest BCUT2D eigenvalue weighted by Gasteiger charge is 2.58. The molecule has 156 valence electrons. The molecule has 0 saturated carbocycles. The maximum Gasteiger partial charge on any atom is 0.161 e. The van der Waals surface area contributed by atoms with Crippen LogP contribution in [-0.2, 0) is 4.74 Å². The van der Waals surface area contributed by atoms with Gasteiger partial charge in [0.2, 0.25) is 0 Å². The van der Waals surface area contributed by atoms with Crippen LogP contribution in [0.4, 0.5) is 0 Å². The number of aliphatic hydroxyl groups excluding tert-OH is 1. The van der Waals surface area contributed by atoms with Crippen molar-refractivity contribution in [3.05, 3.63) is 47.0 Å². The van der Waals surface area contributed by atoms with Crippen molar-refractivity contribution in [3.8, 4) is 23.0 Å². The Balaban J connectivity index is 1.95. The Morgan fingerprint density at radius 1 is 0.897 bits per heavy atom. The van der Waals surface area contributed by atoms with Gasteiger partial charge in [0.25, 0.3) is 0 Å². The molecule has 7 nitrogen and oxygen atoms in total. The molecule has 4 atom stereocenters. The number of hydrogen-bond acceptors (Lipinski definition) is 7. The summed E-state index contributed by atoms with van der Waals surface area (Å²) in [6.45, 7) is -0.0834. The van der Waals surface area contributed by atoms with Gasteiger partial charge in [-0.2, -0.15) is 0 Å². The summed E-state index contributed by atoms with van der Waals surface area (Å²) in [6, 6.07) is 9.45. The topological polar surface area (TPSA) is 86.6 Å². The monoisotopic (exact) mass is 402 g/mol. The smallest absolute Gasteiger partial charge is 0.161 e.